The largest absolute Gasteiger partial charge is 0.497 e. The van der Waals surface area contributed by atoms with Gasteiger partial charge in [0.15, 0.2) is 0 Å². The molecule has 2 aromatic rings. The molecule has 0 atom stereocenters. The Morgan fingerprint density at radius 2 is 1.57 bits per heavy atom. The molecule has 0 aromatic heterocycles. The standard InChI is InChI=1S/C22H28N2O5S/c1-16(2)17-5-7-18(8-6-17)22(25)23-11-13-24(14-12-23)30(26,27)21-15-19(28-3)9-10-20(21)29-4/h5-10,15-16H,11-14H2,1-4H3. The third kappa shape index (κ3) is 4.44. The third-order valence-corrected chi connectivity index (χ3v) is 7.26. The van der Waals surface area contributed by atoms with Gasteiger partial charge < -0.3 is 14.4 Å². The molecule has 0 radical (unpaired) electrons. The molecule has 1 aliphatic heterocycles. The van der Waals surface area contributed by atoms with Crippen LogP contribution in [-0.2, 0) is 10.0 Å². The second-order valence-corrected chi connectivity index (χ2v) is 9.40. The molecule has 1 heterocycles. The molecule has 162 valence electrons. The number of sulfonamides is 1. The zero-order valence-electron chi connectivity index (χ0n) is 17.8. The van der Waals surface area contributed by atoms with Crippen LogP contribution in [0.5, 0.6) is 11.5 Å². The van der Waals surface area contributed by atoms with E-state index in [-0.39, 0.29) is 29.6 Å². The van der Waals surface area contributed by atoms with Crippen LogP contribution in [0.15, 0.2) is 47.4 Å². The minimum Gasteiger partial charge on any atom is -0.497 e. The molecule has 8 heteroatoms. The lowest BCUT2D eigenvalue weighted by Crippen LogP contribution is -2.50. The van der Waals surface area contributed by atoms with E-state index in [9.17, 15) is 13.2 Å². The quantitative estimate of drug-likeness (QED) is 0.702. The Kier molecular flexibility index (Phi) is 6.67. The lowest BCUT2D eigenvalue weighted by atomic mass is 10.0. The predicted molar refractivity (Wildman–Crippen MR) is 115 cm³/mol. The molecule has 0 unspecified atom stereocenters. The zero-order chi connectivity index (χ0) is 21.9. The highest BCUT2D eigenvalue weighted by atomic mass is 32.2. The summed E-state index contributed by atoms with van der Waals surface area (Å²) in [4.78, 5) is 14.6. The molecule has 7 nitrogen and oxygen atoms in total. The number of piperazine rings is 1. The first kappa shape index (κ1) is 22.1. The van der Waals surface area contributed by atoms with Crippen molar-refractivity contribution < 1.29 is 22.7 Å². The van der Waals surface area contributed by atoms with Gasteiger partial charge in [0.05, 0.1) is 14.2 Å². The number of rotatable bonds is 6. The molecule has 3 rings (SSSR count). The van der Waals surface area contributed by atoms with Crippen molar-refractivity contribution in [1.29, 1.82) is 0 Å². The van der Waals surface area contributed by atoms with Gasteiger partial charge >= 0.3 is 0 Å². The predicted octanol–water partition coefficient (Wildman–Crippen LogP) is 2.97. The van der Waals surface area contributed by atoms with Crippen molar-refractivity contribution in [3.8, 4) is 11.5 Å². The van der Waals surface area contributed by atoms with E-state index < -0.39 is 10.0 Å². The number of carbonyl (C=O) groups excluding carboxylic acids is 1. The SMILES string of the molecule is COc1ccc(OC)c(S(=O)(=O)N2CCN(C(=O)c3ccc(C(C)C)cc3)CC2)c1. The van der Waals surface area contributed by atoms with Crippen molar-refractivity contribution in [1.82, 2.24) is 9.21 Å². The number of methoxy groups -OCH3 is 2. The normalized spacial score (nSPS) is 15.3. The lowest BCUT2D eigenvalue weighted by molar-refractivity contribution is 0.0697. The molecule has 0 spiro atoms. The maximum Gasteiger partial charge on any atom is 0.253 e. The first-order valence-corrected chi connectivity index (χ1v) is 11.3. The second kappa shape index (κ2) is 9.06. The first-order valence-electron chi connectivity index (χ1n) is 9.89. The second-order valence-electron chi connectivity index (χ2n) is 7.49. The van der Waals surface area contributed by atoms with E-state index in [1.54, 1.807) is 17.0 Å². The molecule has 2 aromatic carbocycles. The molecule has 1 saturated heterocycles. The van der Waals surface area contributed by atoms with Crippen molar-refractivity contribution in [2.75, 3.05) is 40.4 Å². The Morgan fingerprint density at radius 1 is 0.933 bits per heavy atom. The fourth-order valence-electron chi connectivity index (χ4n) is 3.45. The van der Waals surface area contributed by atoms with Gasteiger partial charge in [0.1, 0.15) is 16.4 Å². The Balaban J connectivity index is 1.72. The summed E-state index contributed by atoms with van der Waals surface area (Å²) in [6.07, 6.45) is 0. The van der Waals surface area contributed by atoms with Crippen LogP contribution in [0.25, 0.3) is 0 Å². The average Bonchev–Trinajstić information content (AvgIpc) is 2.78. The number of ether oxygens (including phenoxy) is 2. The van der Waals surface area contributed by atoms with Crippen molar-refractivity contribution in [3.63, 3.8) is 0 Å². The summed E-state index contributed by atoms with van der Waals surface area (Å²) in [5, 5.41) is 0. The van der Waals surface area contributed by atoms with Crippen molar-refractivity contribution in [2.24, 2.45) is 0 Å². The zero-order valence-corrected chi connectivity index (χ0v) is 18.6. The lowest BCUT2D eigenvalue weighted by Gasteiger charge is -2.34. The Bertz CT molecular complexity index is 995. The van der Waals surface area contributed by atoms with Crippen molar-refractivity contribution >= 4 is 15.9 Å². The molecular formula is C22H28N2O5S. The minimum atomic E-state index is -3.78. The smallest absolute Gasteiger partial charge is 0.253 e. The van der Waals surface area contributed by atoms with Crippen LogP contribution in [-0.4, -0.2) is 63.9 Å². The van der Waals surface area contributed by atoms with Gasteiger partial charge in [-0.05, 0) is 35.7 Å². The topological polar surface area (TPSA) is 76.2 Å². The molecule has 30 heavy (non-hydrogen) atoms. The summed E-state index contributed by atoms with van der Waals surface area (Å²) >= 11 is 0. The van der Waals surface area contributed by atoms with E-state index in [2.05, 4.69) is 13.8 Å². The number of carbonyl (C=O) groups is 1. The molecule has 0 bridgehead atoms. The van der Waals surface area contributed by atoms with Crippen LogP contribution in [0.2, 0.25) is 0 Å². The monoisotopic (exact) mass is 432 g/mol. The van der Waals surface area contributed by atoms with Gasteiger partial charge in [0, 0.05) is 37.8 Å². The van der Waals surface area contributed by atoms with E-state index in [0.717, 1.165) is 0 Å². The summed E-state index contributed by atoms with van der Waals surface area (Å²) in [6, 6.07) is 12.3. The first-order chi connectivity index (χ1) is 14.3. The van der Waals surface area contributed by atoms with Crippen LogP contribution in [0.1, 0.15) is 35.7 Å². The van der Waals surface area contributed by atoms with E-state index in [4.69, 9.17) is 9.47 Å². The number of amides is 1. The molecule has 1 amide bonds. The molecule has 0 saturated carbocycles. The van der Waals surface area contributed by atoms with Crippen LogP contribution >= 0.6 is 0 Å². The van der Waals surface area contributed by atoms with Gasteiger partial charge in [0.25, 0.3) is 5.91 Å². The van der Waals surface area contributed by atoms with E-state index in [1.807, 2.05) is 24.3 Å². The average molecular weight is 433 g/mol. The highest BCUT2D eigenvalue weighted by molar-refractivity contribution is 7.89. The van der Waals surface area contributed by atoms with Crippen LogP contribution in [0.4, 0.5) is 0 Å². The summed E-state index contributed by atoms with van der Waals surface area (Å²) in [7, 11) is -0.861. The molecule has 1 fully saturated rings. The van der Waals surface area contributed by atoms with Crippen LogP contribution in [0.3, 0.4) is 0 Å². The third-order valence-electron chi connectivity index (χ3n) is 5.34. The maximum absolute atomic E-state index is 13.2. The highest BCUT2D eigenvalue weighted by Crippen LogP contribution is 2.31. The van der Waals surface area contributed by atoms with E-state index in [1.165, 1.54) is 30.2 Å². The van der Waals surface area contributed by atoms with Gasteiger partial charge in [-0.2, -0.15) is 4.31 Å². The van der Waals surface area contributed by atoms with Gasteiger partial charge in [-0.15, -0.1) is 0 Å². The van der Waals surface area contributed by atoms with E-state index in [0.29, 0.717) is 30.3 Å². The van der Waals surface area contributed by atoms with Gasteiger partial charge in [-0.1, -0.05) is 26.0 Å². The highest BCUT2D eigenvalue weighted by Gasteiger charge is 2.32. The molecular weight excluding hydrogens is 404 g/mol. The van der Waals surface area contributed by atoms with Crippen LogP contribution in [0, 0.1) is 0 Å². The summed E-state index contributed by atoms with van der Waals surface area (Å²) in [5.41, 5.74) is 1.79. The van der Waals surface area contributed by atoms with Gasteiger partial charge in [-0.25, -0.2) is 8.42 Å². The number of benzene rings is 2. The number of hydrogen-bond acceptors (Lipinski definition) is 5. The fraction of sp³-hybridized carbons (Fsp3) is 0.409. The van der Waals surface area contributed by atoms with E-state index >= 15 is 0 Å². The Morgan fingerprint density at radius 3 is 2.10 bits per heavy atom. The maximum atomic E-state index is 13.2. The molecule has 0 N–H and O–H groups in total. The summed E-state index contributed by atoms with van der Waals surface area (Å²) in [6.45, 7) is 5.31. The fourth-order valence-corrected chi connectivity index (χ4v) is 5.04. The molecule has 1 aliphatic rings. The number of nitrogens with zero attached hydrogens (tertiary/aromatic N) is 2. The Labute approximate surface area is 178 Å². The minimum absolute atomic E-state index is 0.0633. The van der Waals surface area contributed by atoms with Crippen LogP contribution < -0.4 is 9.47 Å². The van der Waals surface area contributed by atoms with Crippen molar-refractivity contribution in [2.45, 2.75) is 24.7 Å². The Hall–Kier alpha value is -2.58. The van der Waals surface area contributed by atoms with Crippen molar-refractivity contribution in [3.05, 3.63) is 53.6 Å². The van der Waals surface area contributed by atoms with Gasteiger partial charge in [-0.3, -0.25) is 4.79 Å². The summed E-state index contributed by atoms with van der Waals surface area (Å²) < 4.78 is 38.1. The summed E-state index contributed by atoms with van der Waals surface area (Å²) in [5.74, 6) is 1.02. The van der Waals surface area contributed by atoms with Gasteiger partial charge in [0.2, 0.25) is 10.0 Å². The molecule has 0 aliphatic carbocycles. The number of hydrogen-bond donors (Lipinski definition) is 0.